The van der Waals surface area contributed by atoms with Gasteiger partial charge in [-0.15, -0.1) is 0 Å². The Kier molecular flexibility index (Phi) is 3.04. The van der Waals surface area contributed by atoms with Gasteiger partial charge in [-0.1, -0.05) is 30.4 Å². The largest absolute Gasteiger partial charge is 0.298 e. The Morgan fingerprint density at radius 1 is 0.913 bits per heavy atom. The highest BCUT2D eigenvalue weighted by atomic mass is 16.2. The van der Waals surface area contributed by atoms with E-state index in [0.717, 1.165) is 6.42 Å². The predicted molar refractivity (Wildman–Crippen MR) is 80.1 cm³/mol. The molecule has 0 aromatic heterocycles. The third-order valence-electron chi connectivity index (χ3n) is 5.22. The molecule has 2 amide bonds. The molecule has 4 atom stereocenters. The van der Waals surface area contributed by atoms with Crippen LogP contribution < -0.4 is 5.32 Å². The highest BCUT2D eigenvalue weighted by molar-refractivity contribution is 6.27. The van der Waals surface area contributed by atoms with Crippen molar-refractivity contribution in [3.63, 3.8) is 0 Å². The van der Waals surface area contributed by atoms with Crippen molar-refractivity contribution >= 4 is 23.4 Å². The quantitative estimate of drug-likeness (QED) is 0.505. The number of rotatable bonds is 2. The SMILES string of the molecule is O=C(NC(=O)C1C(=O)C2C3C=CC(C3)C2C1=O)c1ccccc1. The second-order valence-corrected chi connectivity index (χ2v) is 6.42. The Labute approximate surface area is 132 Å². The van der Waals surface area contributed by atoms with Crippen molar-refractivity contribution in [2.75, 3.05) is 0 Å². The van der Waals surface area contributed by atoms with E-state index in [9.17, 15) is 19.2 Å². The van der Waals surface area contributed by atoms with Crippen LogP contribution in [0.2, 0.25) is 0 Å². The highest BCUT2D eigenvalue weighted by Crippen LogP contribution is 2.53. The molecule has 4 rings (SSSR count). The van der Waals surface area contributed by atoms with Crippen LogP contribution in [0.4, 0.5) is 0 Å². The smallest absolute Gasteiger partial charge is 0.257 e. The van der Waals surface area contributed by atoms with Crippen LogP contribution in [0.15, 0.2) is 42.5 Å². The van der Waals surface area contributed by atoms with Crippen LogP contribution in [0.1, 0.15) is 16.8 Å². The standard InChI is InChI=1S/C18H15NO4/c20-15-12-10-6-7-11(8-10)13(12)16(21)14(15)18(23)19-17(22)9-4-2-1-3-5-9/h1-7,10-14H,8H2,(H,19,22,23). The van der Waals surface area contributed by atoms with Gasteiger partial charge in [-0.25, -0.2) is 0 Å². The molecule has 1 aromatic rings. The van der Waals surface area contributed by atoms with Gasteiger partial charge in [-0.05, 0) is 30.4 Å². The van der Waals surface area contributed by atoms with Gasteiger partial charge in [0.25, 0.3) is 5.91 Å². The van der Waals surface area contributed by atoms with Crippen LogP contribution in [0.5, 0.6) is 0 Å². The summed E-state index contributed by atoms with van der Waals surface area (Å²) < 4.78 is 0. The number of nitrogens with one attached hydrogen (secondary N) is 1. The number of imide groups is 1. The monoisotopic (exact) mass is 309 g/mol. The van der Waals surface area contributed by atoms with Crippen molar-refractivity contribution in [1.29, 1.82) is 0 Å². The fourth-order valence-electron chi connectivity index (χ4n) is 4.23. The van der Waals surface area contributed by atoms with Crippen molar-refractivity contribution in [3.05, 3.63) is 48.0 Å². The van der Waals surface area contributed by atoms with Crippen LogP contribution >= 0.6 is 0 Å². The summed E-state index contributed by atoms with van der Waals surface area (Å²) in [6.07, 6.45) is 4.78. The fraction of sp³-hybridized carbons (Fsp3) is 0.333. The van der Waals surface area contributed by atoms with Crippen LogP contribution in [0.3, 0.4) is 0 Å². The Balaban J connectivity index is 1.53. The van der Waals surface area contributed by atoms with Crippen molar-refractivity contribution < 1.29 is 19.2 Å². The molecule has 0 spiro atoms. The van der Waals surface area contributed by atoms with Gasteiger partial charge in [-0.2, -0.15) is 0 Å². The molecular formula is C18H15NO4. The maximum atomic E-state index is 12.5. The van der Waals surface area contributed by atoms with E-state index in [4.69, 9.17) is 0 Å². The van der Waals surface area contributed by atoms with Crippen molar-refractivity contribution in [3.8, 4) is 0 Å². The molecular weight excluding hydrogens is 294 g/mol. The minimum absolute atomic E-state index is 0.0732. The molecule has 2 saturated carbocycles. The van der Waals surface area contributed by atoms with Crippen LogP contribution in [-0.4, -0.2) is 23.4 Å². The second-order valence-electron chi connectivity index (χ2n) is 6.42. The van der Waals surface area contributed by atoms with E-state index in [0.29, 0.717) is 5.56 Å². The molecule has 116 valence electrons. The molecule has 2 fully saturated rings. The topological polar surface area (TPSA) is 80.3 Å². The molecule has 5 nitrogen and oxygen atoms in total. The molecule has 3 aliphatic carbocycles. The van der Waals surface area contributed by atoms with E-state index in [1.165, 1.54) is 0 Å². The number of carbonyl (C=O) groups excluding carboxylic acids is 4. The van der Waals surface area contributed by atoms with E-state index in [1.807, 2.05) is 12.2 Å². The lowest BCUT2D eigenvalue weighted by Crippen LogP contribution is -2.41. The summed E-state index contributed by atoms with van der Waals surface area (Å²) in [6, 6.07) is 8.25. The highest BCUT2D eigenvalue weighted by Gasteiger charge is 2.61. The van der Waals surface area contributed by atoms with Gasteiger partial charge < -0.3 is 0 Å². The Bertz CT molecular complexity index is 722. The number of fused-ring (bicyclic) bond motifs is 5. The zero-order chi connectivity index (χ0) is 16.1. The number of hydrogen-bond donors (Lipinski definition) is 1. The Morgan fingerprint density at radius 2 is 1.48 bits per heavy atom. The summed E-state index contributed by atoms with van der Waals surface area (Å²) in [4.78, 5) is 49.4. The second kappa shape index (κ2) is 4.98. The summed E-state index contributed by atoms with van der Waals surface area (Å²) in [5.74, 6) is -3.96. The Hall–Kier alpha value is -2.56. The van der Waals surface area contributed by atoms with E-state index in [-0.39, 0.29) is 35.2 Å². The molecule has 1 N–H and O–H groups in total. The molecule has 5 heteroatoms. The lowest BCUT2D eigenvalue weighted by Gasteiger charge is -2.16. The first-order valence-corrected chi connectivity index (χ1v) is 7.74. The van der Waals surface area contributed by atoms with E-state index in [1.54, 1.807) is 30.3 Å². The van der Waals surface area contributed by atoms with Gasteiger partial charge in [-0.3, -0.25) is 24.5 Å². The first-order chi connectivity index (χ1) is 11.1. The minimum atomic E-state index is -1.33. The van der Waals surface area contributed by atoms with E-state index in [2.05, 4.69) is 5.32 Å². The molecule has 0 radical (unpaired) electrons. The van der Waals surface area contributed by atoms with E-state index >= 15 is 0 Å². The molecule has 0 saturated heterocycles. The summed E-state index contributed by atoms with van der Waals surface area (Å²) >= 11 is 0. The fourth-order valence-corrected chi connectivity index (χ4v) is 4.23. The van der Waals surface area contributed by atoms with E-state index < -0.39 is 17.7 Å². The summed E-state index contributed by atoms with van der Waals surface area (Å²) in [5, 5.41) is 2.20. The summed E-state index contributed by atoms with van der Waals surface area (Å²) in [5.41, 5.74) is 0.320. The third kappa shape index (κ3) is 2.00. The summed E-state index contributed by atoms with van der Waals surface area (Å²) in [7, 11) is 0. The predicted octanol–water partition coefficient (Wildman–Crippen LogP) is 1.15. The summed E-state index contributed by atoms with van der Waals surface area (Å²) in [6.45, 7) is 0. The number of amides is 2. The number of allylic oxidation sites excluding steroid dienone is 2. The minimum Gasteiger partial charge on any atom is -0.298 e. The average Bonchev–Trinajstić information content (AvgIpc) is 3.22. The molecule has 3 aliphatic rings. The van der Waals surface area contributed by atoms with Gasteiger partial charge in [0.05, 0.1) is 0 Å². The molecule has 0 aliphatic heterocycles. The number of hydrogen-bond acceptors (Lipinski definition) is 4. The first kappa shape index (κ1) is 14.1. The maximum Gasteiger partial charge on any atom is 0.257 e. The molecule has 23 heavy (non-hydrogen) atoms. The van der Waals surface area contributed by atoms with Gasteiger partial charge in [0.1, 0.15) is 0 Å². The van der Waals surface area contributed by atoms with Crippen molar-refractivity contribution in [2.45, 2.75) is 6.42 Å². The van der Waals surface area contributed by atoms with Crippen molar-refractivity contribution in [2.24, 2.45) is 29.6 Å². The molecule has 2 bridgehead atoms. The molecule has 4 unspecified atom stereocenters. The lowest BCUT2D eigenvalue weighted by atomic mass is 9.85. The number of benzene rings is 1. The normalized spacial score (nSPS) is 33.8. The van der Waals surface area contributed by atoms with Gasteiger partial charge in [0.15, 0.2) is 17.5 Å². The zero-order valence-corrected chi connectivity index (χ0v) is 12.3. The first-order valence-electron chi connectivity index (χ1n) is 7.74. The van der Waals surface area contributed by atoms with Crippen LogP contribution in [0.25, 0.3) is 0 Å². The van der Waals surface area contributed by atoms with Crippen LogP contribution in [-0.2, 0) is 14.4 Å². The van der Waals surface area contributed by atoms with Gasteiger partial charge in [0.2, 0.25) is 5.91 Å². The number of carbonyl (C=O) groups is 4. The van der Waals surface area contributed by atoms with Gasteiger partial charge >= 0.3 is 0 Å². The average molecular weight is 309 g/mol. The van der Waals surface area contributed by atoms with Crippen LogP contribution in [0, 0.1) is 29.6 Å². The lowest BCUT2D eigenvalue weighted by molar-refractivity contribution is -0.137. The maximum absolute atomic E-state index is 12.5. The molecule has 0 heterocycles. The number of ketones is 2. The zero-order valence-electron chi connectivity index (χ0n) is 12.3. The van der Waals surface area contributed by atoms with Gasteiger partial charge in [0, 0.05) is 17.4 Å². The molecule has 1 aromatic carbocycles. The van der Waals surface area contributed by atoms with Crippen molar-refractivity contribution in [1.82, 2.24) is 5.32 Å². The third-order valence-corrected chi connectivity index (χ3v) is 5.22. The Morgan fingerprint density at radius 3 is 2.04 bits per heavy atom. The number of Topliss-reactive ketones (excluding diaryl/α,β-unsaturated/α-hetero) is 2.